The minimum absolute atomic E-state index is 0.00652. The van der Waals surface area contributed by atoms with Crippen molar-refractivity contribution in [3.8, 4) is 17.5 Å². The van der Waals surface area contributed by atoms with E-state index in [2.05, 4.69) is 15.3 Å². The van der Waals surface area contributed by atoms with Crippen LogP contribution >= 0.6 is 0 Å². The Bertz CT molecular complexity index is 1590. The number of nitrogens with zero attached hydrogens (tertiary/aromatic N) is 5. The Kier molecular flexibility index (Phi) is 6.42. The molecule has 176 valence electrons. The molecule has 4 aromatic rings. The molecule has 0 saturated heterocycles. The molecule has 10 heteroatoms. The fourth-order valence-electron chi connectivity index (χ4n) is 3.58. The highest BCUT2D eigenvalue weighted by Crippen LogP contribution is 2.23. The Morgan fingerprint density at radius 1 is 1.11 bits per heavy atom. The third-order valence-corrected chi connectivity index (χ3v) is 5.36. The van der Waals surface area contributed by atoms with Crippen molar-refractivity contribution in [2.24, 2.45) is 0 Å². The van der Waals surface area contributed by atoms with Crippen LogP contribution in [-0.2, 0) is 6.54 Å². The van der Waals surface area contributed by atoms with Gasteiger partial charge in [-0.05, 0) is 66.9 Å². The number of halogens is 1. The molecule has 0 saturated carbocycles. The number of hydrogen-bond acceptors (Lipinski definition) is 7. The van der Waals surface area contributed by atoms with Gasteiger partial charge in [-0.15, -0.1) is 0 Å². The van der Waals surface area contributed by atoms with Crippen molar-refractivity contribution in [1.82, 2.24) is 19.1 Å². The van der Waals surface area contributed by atoms with Gasteiger partial charge in [0, 0.05) is 11.9 Å². The summed E-state index contributed by atoms with van der Waals surface area (Å²) in [7, 11) is 1.55. The lowest BCUT2D eigenvalue weighted by atomic mass is 10.1. The predicted octanol–water partition coefficient (Wildman–Crippen LogP) is 3.22. The maximum atomic E-state index is 13.9. The van der Waals surface area contributed by atoms with Gasteiger partial charge in [0.2, 0.25) is 5.95 Å². The van der Waals surface area contributed by atoms with Crippen LogP contribution in [0.5, 0.6) is 5.75 Å². The van der Waals surface area contributed by atoms with Gasteiger partial charge in [-0.2, -0.15) is 10.2 Å². The van der Waals surface area contributed by atoms with E-state index < -0.39 is 17.2 Å². The minimum Gasteiger partial charge on any atom is -0.497 e. The molecule has 0 fully saturated rings. The molecule has 0 atom stereocenters. The monoisotopic (exact) mass is 472 g/mol. The Morgan fingerprint density at radius 2 is 1.91 bits per heavy atom. The zero-order valence-electron chi connectivity index (χ0n) is 19.2. The van der Waals surface area contributed by atoms with E-state index in [1.54, 1.807) is 50.6 Å². The molecule has 2 aromatic carbocycles. The summed E-state index contributed by atoms with van der Waals surface area (Å²) in [5.41, 5.74) is 1.30. The van der Waals surface area contributed by atoms with E-state index in [9.17, 15) is 19.2 Å². The summed E-state index contributed by atoms with van der Waals surface area (Å²) in [4.78, 5) is 34.7. The van der Waals surface area contributed by atoms with E-state index in [4.69, 9.17) is 4.74 Å². The second-order valence-electron chi connectivity index (χ2n) is 7.87. The Morgan fingerprint density at radius 3 is 2.60 bits per heavy atom. The highest BCUT2D eigenvalue weighted by atomic mass is 19.1. The molecule has 0 aliphatic carbocycles. The summed E-state index contributed by atoms with van der Waals surface area (Å²) in [5, 5.41) is 12.2. The second-order valence-corrected chi connectivity index (χ2v) is 7.87. The van der Waals surface area contributed by atoms with Crippen LogP contribution in [0, 0.1) is 31.0 Å². The average Bonchev–Trinajstić information content (AvgIpc) is 2.83. The minimum atomic E-state index is -0.788. The van der Waals surface area contributed by atoms with Gasteiger partial charge < -0.3 is 10.1 Å². The Hall–Kier alpha value is -4.78. The summed E-state index contributed by atoms with van der Waals surface area (Å²) in [6.45, 7) is 3.56. The maximum absolute atomic E-state index is 13.9. The van der Waals surface area contributed by atoms with E-state index in [-0.39, 0.29) is 23.7 Å². The first-order valence-corrected chi connectivity index (χ1v) is 10.6. The van der Waals surface area contributed by atoms with Crippen molar-refractivity contribution in [1.29, 1.82) is 5.26 Å². The lowest BCUT2D eigenvalue weighted by Crippen LogP contribution is -2.41. The van der Waals surface area contributed by atoms with Crippen molar-refractivity contribution in [2.75, 3.05) is 12.4 Å². The summed E-state index contributed by atoms with van der Waals surface area (Å²) >= 11 is 0. The quantitative estimate of drug-likeness (QED) is 0.458. The number of nitriles is 1. The smallest absolute Gasteiger partial charge is 0.359 e. The molecule has 2 aromatic heterocycles. The van der Waals surface area contributed by atoms with Crippen LogP contribution in [0.2, 0.25) is 0 Å². The molecule has 0 aliphatic heterocycles. The first-order valence-electron chi connectivity index (χ1n) is 10.6. The van der Waals surface area contributed by atoms with Gasteiger partial charge in [-0.25, -0.2) is 18.5 Å². The number of methoxy groups -OCH3 is 1. The van der Waals surface area contributed by atoms with Gasteiger partial charge in [-0.1, -0.05) is 6.07 Å². The molecule has 0 unspecified atom stereocenters. The van der Waals surface area contributed by atoms with Crippen LogP contribution < -0.4 is 21.4 Å². The molecule has 1 N–H and O–H groups in total. The normalized spacial score (nSPS) is 10.6. The number of hydrogen-bond donors (Lipinski definition) is 1. The summed E-state index contributed by atoms with van der Waals surface area (Å²) < 4.78 is 21.3. The fourth-order valence-corrected chi connectivity index (χ4v) is 3.58. The molecule has 0 bridgehead atoms. The lowest BCUT2D eigenvalue weighted by molar-refractivity contribution is 0.414. The molecule has 2 heterocycles. The average molecular weight is 472 g/mol. The van der Waals surface area contributed by atoms with Crippen LogP contribution in [0.25, 0.3) is 5.69 Å². The van der Waals surface area contributed by atoms with Crippen LogP contribution in [0.3, 0.4) is 0 Å². The van der Waals surface area contributed by atoms with Gasteiger partial charge in [0.15, 0.2) is 0 Å². The van der Waals surface area contributed by atoms with E-state index in [1.165, 1.54) is 22.9 Å². The van der Waals surface area contributed by atoms with Crippen molar-refractivity contribution in [3.63, 3.8) is 0 Å². The van der Waals surface area contributed by atoms with Crippen LogP contribution in [0.15, 0.2) is 64.4 Å². The third-order valence-electron chi connectivity index (χ3n) is 5.36. The first kappa shape index (κ1) is 23.4. The van der Waals surface area contributed by atoms with Crippen LogP contribution in [0.1, 0.15) is 22.3 Å². The third kappa shape index (κ3) is 4.79. The largest absolute Gasteiger partial charge is 0.497 e. The number of ether oxygens (including phenoxy) is 1. The molecule has 4 rings (SSSR count). The molecular formula is C25H21FN6O3. The topological polar surface area (TPSA) is 115 Å². The summed E-state index contributed by atoms with van der Waals surface area (Å²) in [5.74, 6) is -0.0196. The van der Waals surface area contributed by atoms with E-state index in [1.807, 2.05) is 6.92 Å². The van der Waals surface area contributed by atoms with Gasteiger partial charge in [0.25, 0.3) is 0 Å². The zero-order chi connectivity index (χ0) is 25.1. The predicted molar refractivity (Wildman–Crippen MR) is 128 cm³/mol. The van der Waals surface area contributed by atoms with Gasteiger partial charge in [0.05, 0.1) is 31.1 Å². The van der Waals surface area contributed by atoms with Crippen LogP contribution in [0.4, 0.5) is 16.0 Å². The first-order chi connectivity index (χ1) is 16.8. The second kappa shape index (κ2) is 9.61. The Labute approximate surface area is 199 Å². The number of anilines is 2. The molecule has 0 aliphatic rings. The van der Waals surface area contributed by atoms with Gasteiger partial charge in [-0.3, -0.25) is 9.55 Å². The molecule has 0 amide bonds. The number of aryl methyl sites for hydroxylation is 2. The van der Waals surface area contributed by atoms with E-state index in [0.717, 1.165) is 21.8 Å². The van der Waals surface area contributed by atoms with E-state index >= 15 is 0 Å². The lowest BCUT2D eigenvalue weighted by Gasteiger charge is -2.17. The number of pyridine rings is 1. The van der Waals surface area contributed by atoms with Gasteiger partial charge >= 0.3 is 11.4 Å². The number of rotatable bonds is 6. The van der Waals surface area contributed by atoms with Crippen LogP contribution in [-0.4, -0.2) is 26.2 Å². The number of nitrogens with one attached hydrogen (secondary N) is 1. The number of benzene rings is 2. The highest BCUT2D eigenvalue weighted by Gasteiger charge is 2.17. The molecule has 9 nitrogen and oxygen atoms in total. The highest BCUT2D eigenvalue weighted by molar-refractivity contribution is 5.60. The van der Waals surface area contributed by atoms with Crippen molar-refractivity contribution < 1.29 is 9.13 Å². The Balaban J connectivity index is 1.89. The SMILES string of the molecule is COc1ccc(Nc2nc(=O)n(-c3cncc(C)c3)c(=O)n2Cc2ccc(F)c(C#N)c2)c(C)c1. The van der Waals surface area contributed by atoms with E-state index in [0.29, 0.717) is 17.0 Å². The molecule has 35 heavy (non-hydrogen) atoms. The summed E-state index contributed by atoms with van der Waals surface area (Å²) in [6, 6.07) is 12.7. The molecule has 0 spiro atoms. The van der Waals surface area contributed by atoms with Gasteiger partial charge in [0.1, 0.15) is 17.6 Å². The van der Waals surface area contributed by atoms with Crippen molar-refractivity contribution in [2.45, 2.75) is 20.4 Å². The van der Waals surface area contributed by atoms with Crippen molar-refractivity contribution >= 4 is 11.6 Å². The van der Waals surface area contributed by atoms with Crippen molar-refractivity contribution in [3.05, 3.63) is 104 Å². The molecular weight excluding hydrogens is 451 g/mol. The zero-order valence-corrected chi connectivity index (χ0v) is 19.2. The fraction of sp³-hybridized carbons (Fsp3) is 0.160. The molecule has 0 radical (unpaired) electrons. The number of aromatic nitrogens is 4. The standard InChI is InChI=1S/C25H21FN6O3/c1-15-8-19(13-28-12-15)32-24(33)30-23(29-22-7-5-20(35-3)9-16(22)2)31(25(32)34)14-17-4-6-21(26)18(10-17)11-27/h4-10,12-13H,14H2,1-3H3,(H,29,30,33). The maximum Gasteiger partial charge on any atom is 0.359 e. The summed E-state index contributed by atoms with van der Waals surface area (Å²) in [6.07, 6.45) is 3.00.